The molecule has 0 amide bonds. The van der Waals surface area contributed by atoms with Gasteiger partial charge in [-0.2, -0.15) is 0 Å². The zero-order valence-electron chi connectivity index (χ0n) is 9.07. The van der Waals surface area contributed by atoms with E-state index < -0.39 is 5.97 Å². The van der Waals surface area contributed by atoms with E-state index >= 15 is 0 Å². The van der Waals surface area contributed by atoms with E-state index in [0.717, 1.165) is 5.39 Å². The quantitative estimate of drug-likeness (QED) is 0.773. The lowest BCUT2D eigenvalue weighted by atomic mass is 10.1. The fourth-order valence-electron chi connectivity index (χ4n) is 1.79. The average Bonchev–Trinajstić information content (AvgIpc) is 2.55. The number of carbonyl (C=O) groups excluding carboxylic acids is 1. The molecule has 1 heterocycles. The number of carboxylic acid groups (broad SMARTS) is 1. The van der Waals surface area contributed by atoms with Gasteiger partial charge in [-0.15, -0.1) is 0 Å². The zero-order valence-corrected chi connectivity index (χ0v) is 9.07. The summed E-state index contributed by atoms with van der Waals surface area (Å²) in [6.07, 6.45) is -0.147. The van der Waals surface area contributed by atoms with Gasteiger partial charge in [0.1, 0.15) is 5.76 Å². The van der Waals surface area contributed by atoms with Crippen molar-refractivity contribution in [3.05, 3.63) is 29.5 Å². The Hall–Kier alpha value is -1.97. The molecule has 0 spiro atoms. The Labute approximate surface area is 92.4 Å². The molecule has 1 aromatic carbocycles. The Bertz CT molecular complexity index is 539. The van der Waals surface area contributed by atoms with Crippen molar-refractivity contribution in [3.8, 4) is 5.75 Å². The monoisotopic (exact) mass is 219 g/mol. The van der Waals surface area contributed by atoms with Gasteiger partial charge in [-0.25, -0.2) is 0 Å². The van der Waals surface area contributed by atoms with Crippen LogP contribution in [-0.2, 0) is 11.2 Å². The molecule has 84 valence electrons. The van der Waals surface area contributed by atoms with Crippen molar-refractivity contribution >= 4 is 16.9 Å². The van der Waals surface area contributed by atoms with Gasteiger partial charge in [-0.05, 0) is 13.0 Å². The number of carbonyl (C=O) groups is 1. The van der Waals surface area contributed by atoms with Crippen molar-refractivity contribution in [2.45, 2.75) is 13.3 Å². The Balaban J connectivity index is 2.66. The number of ether oxygens (including phenoxy) is 1. The molecule has 2 rings (SSSR count). The molecule has 0 aliphatic heterocycles. The summed E-state index contributed by atoms with van der Waals surface area (Å²) >= 11 is 0. The Morgan fingerprint density at radius 2 is 2.25 bits per heavy atom. The lowest BCUT2D eigenvalue weighted by Gasteiger charge is -2.01. The molecule has 1 aromatic heterocycles. The van der Waals surface area contributed by atoms with Crippen LogP contribution in [0.4, 0.5) is 0 Å². The third kappa shape index (κ3) is 1.62. The average molecular weight is 219 g/mol. The molecule has 0 aliphatic rings. The maximum atomic E-state index is 10.6. The van der Waals surface area contributed by atoms with Gasteiger partial charge in [0.25, 0.3) is 0 Å². The second-order valence-corrected chi connectivity index (χ2v) is 3.52. The normalized spacial score (nSPS) is 10.6. The zero-order chi connectivity index (χ0) is 11.7. The van der Waals surface area contributed by atoms with Crippen LogP contribution in [0.5, 0.6) is 5.75 Å². The minimum Gasteiger partial charge on any atom is -0.550 e. The van der Waals surface area contributed by atoms with Gasteiger partial charge < -0.3 is 19.1 Å². The van der Waals surface area contributed by atoms with Gasteiger partial charge in [0, 0.05) is 23.3 Å². The van der Waals surface area contributed by atoms with E-state index in [1.807, 2.05) is 6.07 Å². The summed E-state index contributed by atoms with van der Waals surface area (Å²) in [5.41, 5.74) is 1.23. The maximum absolute atomic E-state index is 10.6. The minimum absolute atomic E-state index is 0.147. The number of rotatable bonds is 3. The molecule has 0 unspecified atom stereocenters. The molecule has 0 N–H and O–H groups in total. The fourth-order valence-corrected chi connectivity index (χ4v) is 1.79. The predicted octanol–water partition coefficient (Wildman–Crippen LogP) is 1.04. The van der Waals surface area contributed by atoms with Crippen molar-refractivity contribution in [1.29, 1.82) is 0 Å². The van der Waals surface area contributed by atoms with Gasteiger partial charge in [0.05, 0.1) is 7.11 Å². The number of furan rings is 1. The second-order valence-electron chi connectivity index (χ2n) is 3.52. The topological polar surface area (TPSA) is 62.5 Å². The van der Waals surface area contributed by atoms with Crippen LogP contribution in [0.1, 0.15) is 11.3 Å². The summed E-state index contributed by atoms with van der Waals surface area (Å²) in [4.78, 5) is 10.6. The molecule has 0 aliphatic carbocycles. The Morgan fingerprint density at radius 3 is 2.88 bits per heavy atom. The van der Waals surface area contributed by atoms with E-state index in [-0.39, 0.29) is 6.42 Å². The largest absolute Gasteiger partial charge is 0.550 e. The van der Waals surface area contributed by atoms with Gasteiger partial charge in [-0.3, -0.25) is 0 Å². The van der Waals surface area contributed by atoms with E-state index in [0.29, 0.717) is 22.7 Å². The number of aryl methyl sites for hydroxylation is 1. The van der Waals surface area contributed by atoms with E-state index in [9.17, 15) is 9.90 Å². The van der Waals surface area contributed by atoms with Gasteiger partial charge in [0.15, 0.2) is 11.3 Å². The Morgan fingerprint density at radius 1 is 1.50 bits per heavy atom. The number of para-hydroxylation sites is 1. The van der Waals surface area contributed by atoms with Crippen LogP contribution in [0.25, 0.3) is 11.0 Å². The number of hydrogen-bond acceptors (Lipinski definition) is 4. The molecular weight excluding hydrogens is 208 g/mol. The van der Waals surface area contributed by atoms with Crippen LogP contribution in [0.3, 0.4) is 0 Å². The molecule has 16 heavy (non-hydrogen) atoms. The molecular formula is C12H11O4-. The molecule has 2 aromatic rings. The van der Waals surface area contributed by atoms with Crippen LogP contribution in [0.15, 0.2) is 22.6 Å². The lowest BCUT2D eigenvalue weighted by molar-refractivity contribution is -0.304. The number of carboxylic acids is 1. The molecule has 0 saturated carbocycles. The molecule has 4 heteroatoms. The van der Waals surface area contributed by atoms with Crippen molar-refractivity contribution < 1.29 is 19.1 Å². The number of benzene rings is 1. The summed E-state index contributed by atoms with van der Waals surface area (Å²) < 4.78 is 10.6. The highest BCUT2D eigenvalue weighted by Crippen LogP contribution is 2.32. The first-order valence-corrected chi connectivity index (χ1v) is 4.88. The third-order valence-corrected chi connectivity index (χ3v) is 2.53. The SMILES string of the molecule is COc1cccc2c(CC(=O)[O-])c(C)oc12. The van der Waals surface area contributed by atoms with Gasteiger partial charge >= 0.3 is 0 Å². The Kier molecular flexibility index (Phi) is 2.56. The van der Waals surface area contributed by atoms with Crippen molar-refractivity contribution in [2.24, 2.45) is 0 Å². The molecule has 0 atom stereocenters. The van der Waals surface area contributed by atoms with E-state index in [2.05, 4.69) is 0 Å². The first-order valence-electron chi connectivity index (χ1n) is 4.88. The fraction of sp³-hybridized carbons (Fsp3) is 0.250. The number of hydrogen-bond donors (Lipinski definition) is 0. The third-order valence-electron chi connectivity index (χ3n) is 2.53. The number of fused-ring (bicyclic) bond motifs is 1. The standard InChI is InChI=1S/C12H12O4/c1-7-9(6-11(13)14)8-4-3-5-10(15-2)12(8)16-7/h3-5H,6H2,1-2H3,(H,13,14)/p-1. The first-order chi connectivity index (χ1) is 7.63. The number of aliphatic carboxylic acids is 1. The van der Waals surface area contributed by atoms with E-state index in [4.69, 9.17) is 9.15 Å². The van der Waals surface area contributed by atoms with Crippen LogP contribution < -0.4 is 9.84 Å². The molecule has 0 fully saturated rings. The van der Waals surface area contributed by atoms with Crippen LogP contribution >= 0.6 is 0 Å². The first kappa shape index (κ1) is 10.5. The molecule has 0 saturated heterocycles. The summed E-state index contributed by atoms with van der Waals surface area (Å²) in [5.74, 6) is 0.0718. The summed E-state index contributed by atoms with van der Waals surface area (Å²) in [6, 6.07) is 5.38. The van der Waals surface area contributed by atoms with Crippen molar-refractivity contribution in [1.82, 2.24) is 0 Å². The summed E-state index contributed by atoms with van der Waals surface area (Å²) in [7, 11) is 1.55. The van der Waals surface area contributed by atoms with Gasteiger partial charge in [0.2, 0.25) is 0 Å². The van der Waals surface area contributed by atoms with Crippen LogP contribution in [-0.4, -0.2) is 13.1 Å². The number of methoxy groups -OCH3 is 1. The van der Waals surface area contributed by atoms with E-state index in [1.165, 1.54) is 0 Å². The van der Waals surface area contributed by atoms with E-state index in [1.54, 1.807) is 26.2 Å². The highest BCUT2D eigenvalue weighted by atomic mass is 16.5. The smallest absolute Gasteiger partial charge is 0.176 e. The second kappa shape index (κ2) is 3.89. The molecule has 4 nitrogen and oxygen atoms in total. The molecule has 0 bridgehead atoms. The van der Waals surface area contributed by atoms with Crippen molar-refractivity contribution in [3.63, 3.8) is 0 Å². The van der Waals surface area contributed by atoms with Gasteiger partial charge in [-0.1, -0.05) is 12.1 Å². The maximum Gasteiger partial charge on any atom is 0.176 e. The van der Waals surface area contributed by atoms with Crippen LogP contribution in [0.2, 0.25) is 0 Å². The highest BCUT2D eigenvalue weighted by molar-refractivity contribution is 5.89. The minimum atomic E-state index is -1.12. The molecule has 0 radical (unpaired) electrons. The van der Waals surface area contributed by atoms with Crippen molar-refractivity contribution in [2.75, 3.05) is 7.11 Å². The lowest BCUT2D eigenvalue weighted by Crippen LogP contribution is -2.24. The predicted molar refractivity (Wildman–Crippen MR) is 56.2 cm³/mol. The highest BCUT2D eigenvalue weighted by Gasteiger charge is 2.13. The summed E-state index contributed by atoms with van der Waals surface area (Å²) in [6.45, 7) is 1.73. The summed E-state index contributed by atoms with van der Waals surface area (Å²) in [5, 5.41) is 11.4. The van der Waals surface area contributed by atoms with Crippen LogP contribution in [0, 0.1) is 6.92 Å².